The van der Waals surface area contributed by atoms with Crippen LogP contribution in [-0.2, 0) is 12.0 Å². The van der Waals surface area contributed by atoms with E-state index in [2.05, 4.69) is 67.1 Å². The summed E-state index contributed by atoms with van der Waals surface area (Å²) in [6.45, 7) is 8.94. The Morgan fingerprint density at radius 1 is 0.840 bits per heavy atom. The van der Waals surface area contributed by atoms with Crippen LogP contribution in [0.1, 0.15) is 42.1 Å². The van der Waals surface area contributed by atoms with Gasteiger partial charge in [0.25, 0.3) is 0 Å². The number of benzene rings is 2. The lowest BCUT2D eigenvalue weighted by atomic mass is 9.78. The molecule has 0 aliphatic carbocycles. The quantitative estimate of drug-likeness (QED) is 0.659. The van der Waals surface area contributed by atoms with E-state index in [9.17, 15) is 0 Å². The van der Waals surface area contributed by atoms with Crippen molar-refractivity contribution in [3.63, 3.8) is 0 Å². The van der Waals surface area contributed by atoms with E-state index >= 15 is 0 Å². The Balaban J connectivity index is 1.72. The van der Waals surface area contributed by atoms with Crippen molar-refractivity contribution < 1.29 is 4.74 Å². The first-order chi connectivity index (χ1) is 11.9. The predicted octanol–water partition coefficient (Wildman–Crippen LogP) is 5.00. The summed E-state index contributed by atoms with van der Waals surface area (Å²) in [5.74, 6) is 1.61. The Morgan fingerprint density at radius 3 is 2.04 bits per heavy atom. The summed E-state index contributed by atoms with van der Waals surface area (Å²) >= 11 is 0. The highest BCUT2D eigenvalue weighted by Crippen LogP contribution is 2.32. The summed E-state index contributed by atoms with van der Waals surface area (Å²) in [4.78, 5) is 8.46. The first-order valence-electron chi connectivity index (χ1n) is 8.54. The first kappa shape index (κ1) is 17.2. The number of ether oxygens (including phenoxy) is 1. The second-order valence-electron chi connectivity index (χ2n) is 6.90. The molecule has 0 bridgehead atoms. The molecule has 0 saturated heterocycles. The third-order valence-electron chi connectivity index (χ3n) is 4.57. The summed E-state index contributed by atoms with van der Waals surface area (Å²) in [7, 11) is 0. The van der Waals surface area contributed by atoms with Gasteiger partial charge < -0.3 is 4.74 Å². The molecule has 3 aromatic rings. The van der Waals surface area contributed by atoms with Crippen molar-refractivity contribution in [2.75, 3.05) is 0 Å². The van der Waals surface area contributed by atoms with Gasteiger partial charge in [0.15, 0.2) is 0 Å². The summed E-state index contributed by atoms with van der Waals surface area (Å²) in [5, 5.41) is 0. The molecule has 0 fully saturated rings. The Bertz CT molecular complexity index is 837. The van der Waals surface area contributed by atoms with E-state index < -0.39 is 0 Å². The minimum absolute atomic E-state index is 0.0456. The standard InChI is InChI=1S/C22H24N2O/c1-16-5-7-18(8-6-16)22(3,4)19-9-11-21(12-10-19)25-15-20-13-14-23-17(2)24-20/h5-14H,15H2,1-4H3. The summed E-state index contributed by atoms with van der Waals surface area (Å²) in [5.41, 5.74) is 4.69. The molecule has 0 aliphatic heterocycles. The fraction of sp³-hybridized carbons (Fsp3) is 0.273. The molecule has 2 aromatic carbocycles. The summed E-state index contributed by atoms with van der Waals surface area (Å²) in [6, 6.07) is 19.0. The van der Waals surface area contributed by atoms with Crippen molar-refractivity contribution >= 4 is 0 Å². The van der Waals surface area contributed by atoms with Gasteiger partial charge in [-0.15, -0.1) is 0 Å². The van der Waals surface area contributed by atoms with Gasteiger partial charge in [0.2, 0.25) is 0 Å². The van der Waals surface area contributed by atoms with Crippen molar-refractivity contribution in [3.05, 3.63) is 89.0 Å². The van der Waals surface area contributed by atoms with Crippen LogP contribution >= 0.6 is 0 Å². The van der Waals surface area contributed by atoms with Crippen LogP contribution < -0.4 is 4.74 Å². The van der Waals surface area contributed by atoms with Crippen molar-refractivity contribution in [3.8, 4) is 5.75 Å². The molecular weight excluding hydrogens is 308 g/mol. The molecular formula is C22H24N2O. The van der Waals surface area contributed by atoms with Crippen molar-refractivity contribution in [2.24, 2.45) is 0 Å². The maximum atomic E-state index is 5.85. The second-order valence-corrected chi connectivity index (χ2v) is 6.90. The normalized spacial score (nSPS) is 11.4. The number of aromatic nitrogens is 2. The smallest absolute Gasteiger partial charge is 0.130 e. The van der Waals surface area contributed by atoms with Crippen LogP contribution in [0, 0.1) is 13.8 Å². The Labute approximate surface area is 149 Å². The fourth-order valence-corrected chi connectivity index (χ4v) is 2.85. The minimum Gasteiger partial charge on any atom is -0.487 e. The molecule has 0 amide bonds. The summed E-state index contributed by atoms with van der Waals surface area (Å²) in [6.07, 6.45) is 1.76. The third kappa shape index (κ3) is 4.05. The molecule has 128 valence electrons. The molecule has 3 heteroatoms. The Morgan fingerprint density at radius 2 is 1.44 bits per heavy atom. The van der Waals surface area contributed by atoms with E-state index in [0.29, 0.717) is 6.61 Å². The average Bonchev–Trinajstić information content (AvgIpc) is 2.61. The van der Waals surface area contributed by atoms with Crippen LogP contribution in [0.4, 0.5) is 0 Å². The SMILES string of the molecule is Cc1ccc(C(C)(C)c2ccc(OCc3ccnc(C)n3)cc2)cc1. The number of aryl methyl sites for hydroxylation is 2. The van der Waals surface area contributed by atoms with Gasteiger partial charge in [-0.2, -0.15) is 0 Å². The molecule has 3 rings (SSSR count). The number of rotatable bonds is 5. The van der Waals surface area contributed by atoms with Crippen LogP contribution in [0.2, 0.25) is 0 Å². The van der Waals surface area contributed by atoms with Crippen molar-refractivity contribution in [2.45, 2.75) is 39.7 Å². The number of hydrogen-bond donors (Lipinski definition) is 0. The molecule has 25 heavy (non-hydrogen) atoms. The monoisotopic (exact) mass is 332 g/mol. The lowest BCUT2D eigenvalue weighted by molar-refractivity contribution is 0.300. The fourth-order valence-electron chi connectivity index (χ4n) is 2.85. The maximum absolute atomic E-state index is 5.85. The molecule has 0 aliphatic rings. The van der Waals surface area contributed by atoms with Crippen molar-refractivity contribution in [1.29, 1.82) is 0 Å². The molecule has 1 aromatic heterocycles. The van der Waals surface area contributed by atoms with Crippen LogP contribution in [0.25, 0.3) is 0 Å². The summed E-state index contributed by atoms with van der Waals surface area (Å²) < 4.78 is 5.85. The van der Waals surface area contributed by atoms with Crippen LogP contribution in [0.15, 0.2) is 60.8 Å². The van der Waals surface area contributed by atoms with Crippen LogP contribution in [0.5, 0.6) is 5.75 Å². The predicted molar refractivity (Wildman–Crippen MR) is 101 cm³/mol. The van der Waals surface area contributed by atoms with Gasteiger partial charge >= 0.3 is 0 Å². The van der Waals surface area contributed by atoms with Gasteiger partial charge in [0.1, 0.15) is 18.2 Å². The van der Waals surface area contributed by atoms with E-state index in [4.69, 9.17) is 4.74 Å². The maximum Gasteiger partial charge on any atom is 0.130 e. The molecule has 1 heterocycles. The number of hydrogen-bond acceptors (Lipinski definition) is 3. The van der Waals surface area contributed by atoms with Gasteiger partial charge in [-0.25, -0.2) is 9.97 Å². The molecule has 0 saturated carbocycles. The zero-order valence-corrected chi connectivity index (χ0v) is 15.3. The zero-order chi connectivity index (χ0) is 17.9. The van der Waals surface area contributed by atoms with Gasteiger partial charge in [-0.1, -0.05) is 55.8 Å². The second kappa shape index (κ2) is 7.06. The highest BCUT2D eigenvalue weighted by atomic mass is 16.5. The minimum atomic E-state index is -0.0456. The van der Waals surface area contributed by atoms with Gasteiger partial charge in [0.05, 0.1) is 5.69 Å². The average molecular weight is 332 g/mol. The van der Waals surface area contributed by atoms with E-state index in [-0.39, 0.29) is 5.41 Å². The molecule has 0 radical (unpaired) electrons. The van der Waals surface area contributed by atoms with Crippen LogP contribution in [0.3, 0.4) is 0 Å². The van der Waals surface area contributed by atoms with Gasteiger partial charge in [-0.05, 0) is 43.2 Å². The molecule has 0 atom stereocenters. The largest absolute Gasteiger partial charge is 0.487 e. The lowest BCUT2D eigenvalue weighted by Crippen LogP contribution is -2.18. The first-order valence-corrected chi connectivity index (χ1v) is 8.54. The molecule has 0 spiro atoms. The highest BCUT2D eigenvalue weighted by molar-refractivity contribution is 5.40. The van der Waals surface area contributed by atoms with Gasteiger partial charge in [0, 0.05) is 11.6 Å². The Hall–Kier alpha value is -2.68. The number of nitrogens with zero attached hydrogens (tertiary/aromatic N) is 2. The van der Waals surface area contributed by atoms with E-state index in [1.54, 1.807) is 6.20 Å². The molecule has 3 nitrogen and oxygen atoms in total. The van der Waals surface area contributed by atoms with E-state index in [1.807, 2.05) is 25.1 Å². The van der Waals surface area contributed by atoms with Gasteiger partial charge in [-0.3, -0.25) is 0 Å². The lowest BCUT2D eigenvalue weighted by Gasteiger charge is -2.26. The third-order valence-corrected chi connectivity index (χ3v) is 4.57. The van der Waals surface area contributed by atoms with Crippen LogP contribution in [-0.4, -0.2) is 9.97 Å². The topological polar surface area (TPSA) is 35.0 Å². The van der Waals surface area contributed by atoms with E-state index in [1.165, 1.54) is 16.7 Å². The Kier molecular flexibility index (Phi) is 4.84. The molecule has 0 unspecified atom stereocenters. The van der Waals surface area contributed by atoms with E-state index in [0.717, 1.165) is 17.3 Å². The highest BCUT2D eigenvalue weighted by Gasteiger charge is 2.22. The zero-order valence-electron chi connectivity index (χ0n) is 15.3. The molecule has 0 N–H and O–H groups in total. The van der Waals surface area contributed by atoms with Crippen molar-refractivity contribution in [1.82, 2.24) is 9.97 Å².